The molecule has 1 aliphatic rings. The molecule has 1 saturated carbocycles. The van der Waals surface area contributed by atoms with Crippen LogP contribution in [0.5, 0.6) is 0 Å². The van der Waals surface area contributed by atoms with E-state index in [2.05, 4.69) is 33.9 Å². The molecule has 0 heterocycles. The summed E-state index contributed by atoms with van der Waals surface area (Å²) in [6, 6.07) is 6.15. The van der Waals surface area contributed by atoms with E-state index in [1.807, 2.05) is 12.1 Å². The van der Waals surface area contributed by atoms with Gasteiger partial charge in [0.15, 0.2) is 0 Å². The molecule has 1 aliphatic carbocycles. The van der Waals surface area contributed by atoms with Crippen molar-refractivity contribution in [2.45, 2.75) is 25.5 Å². The molecule has 17 heavy (non-hydrogen) atoms. The second kappa shape index (κ2) is 5.38. The summed E-state index contributed by atoms with van der Waals surface area (Å²) in [4.78, 5) is 2.24. The van der Waals surface area contributed by atoms with Crippen molar-refractivity contribution in [3.05, 3.63) is 28.2 Å². The van der Waals surface area contributed by atoms with Crippen LogP contribution in [-0.4, -0.2) is 24.8 Å². The average Bonchev–Trinajstić information content (AvgIpc) is 2.26. The van der Waals surface area contributed by atoms with Gasteiger partial charge in [0.25, 0.3) is 0 Å². The molecular formula is C13H19BrN2O. The predicted octanol–water partition coefficient (Wildman–Crippen LogP) is 2.11. The van der Waals surface area contributed by atoms with Crippen LogP contribution in [0.3, 0.4) is 0 Å². The first kappa shape index (κ1) is 12.9. The summed E-state index contributed by atoms with van der Waals surface area (Å²) in [6.45, 7) is 1.52. The van der Waals surface area contributed by atoms with Gasteiger partial charge in [0, 0.05) is 35.9 Å². The molecule has 0 bridgehead atoms. The second-order valence-electron chi connectivity index (χ2n) is 4.81. The number of hydrogen-bond donors (Lipinski definition) is 2. The summed E-state index contributed by atoms with van der Waals surface area (Å²) in [7, 11) is 2.09. The summed E-state index contributed by atoms with van der Waals surface area (Å²) < 4.78 is 1.07. The molecule has 0 spiro atoms. The number of hydrogen-bond acceptors (Lipinski definition) is 3. The molecule has 0 atom stereocenters. The molecule has 0 saturated heterocycles. The Morgan fingerprint density at radius 3 is 2.76 bits per heavy atom. The van der Waals surface area contributed by atoms with Crippen LogP contribution in [0, 0.1) is 5.92 Å². The zero-order valence-corrected chi connectivity index (χ0v) is 11.7. The number of nitrogens with zero attached hydrogens (tertiary/aromatic N) is 1. The van der Waals surface area contributed by atoms with Gasteiger partial charge in [0.2, 0.25) is 0 Å². The molecule has 0 aromatic heterocycles. The van der Waals surface area contributed by atoms with Crippen LogP contribution in [0.15, 0.2) is 22.7 Å². The van der Waals surface area contributed by atoms with E-state index >= 15 is 0 Å². The van der Waals surface area contributed by atoms with Crippen molar-refractivity contribution < 1.29 is 5.11 Å². The van der Waals surface area contributed by atoms with Crippen molar-refractivity contribution in [1.29, 1.82) is 0 Å². The minimum atomic E-state index is -0.0788. The van der Waals surface area contributed by atoms with E-state index in [0.717, 1.165) is 29.4 Å². The van der Waals surface area contributed by atoms with Crippen molar-refractivity contribution in [2.24, 2.45) is 11.7 Å². The molecule has 94 valence electrons. The Morgan fingerprint density at radius 2 is 2.18 bits per heavy atom. The van der Waals surface area contributed by atoms with E-state index in [1.165, 1.54) is 5.69 Å². The van der Waals surface area contributed by atoms with E-state index in [-0.39, 0.29) is 6.10 Å². The van der Waals surface area contributed by atoms with Crippen molar-refractivity contribution in [3.63, 3.8) is 0 Å². The summed E-state index contributed by atoms with van der Waals surface area (Å²) in [5.74, 6) is 0.611. The van der Waals surface area contributed by atoms with Crippen LogP contribution in [-0.2, 0) is 6.54 Å². The smallest absolute Gasteiger partial charge is 0.0546 e. The lowest BCUT2D eigenvalue weighted by Gasteiger charge is -2.35. The fourth-order valence-electron chi connectivity index (χ4n) is 2.44. The van der Waals surface area contributed by atoms with E-state index in [1.54, 1.807) is 0 Å². The standard InChI is InChI=1S/C13H19BrN2O/c1-16(8-9-5-10(17)6-9)13-4-2-3-12(14)11(13)7-15/h2-4,9-10,17H,5-8,15H2,1H3. The summed E-state index contributed by atoms with van der Waals surface area (Å²) in [6.07, 6.45) is 1.77. The third kappa shape index (κ3) is 2.81. The van der Waals surface area contributed by atoms with Crippen LogP contribution in [0.25, 0.3) is 0 Å². The van der Waals surface area contributed by atoms with Crippen molar-refractivity contribution >= 4 is 21.6 Å². The number of anilines is 1. The van der Waals surface area contributed by atoms with Crippen LogP contribution >= 0.6 is 15.9 Å². The Hall–Kier alpha value is -0.580. The van der Waals surface area contributed by atoms with Crippen LogP contribution in [0.1, 0.15) is 18.4 Å². The number of benzene rings is 1. The fraction of sp³-hybridized carbons (Fsp3) is 0.538. The average molecular weight is 299 g/mol. The van der Waals surface area contributed by atoms with Gasteiger partial charge in [-0.15, -0.1) is 0 Å². The lowest BCUT2D eigenvalue weighted by molar-refractivity contribution is 0.0464. The normalized spacial score (nSPS) is 23.3. The molecule has 0 aliphatic heterocycles. The number of nitrogens with two attached hydrogens (primary N) is 1. The largest absolute Gasteiger partial charge is 0.393 e. The third-order valence-corrected chi connectivity index (χ3v) is 4.20. The van der Waals surface area contributed by atoms with Crippen LogP contribution in [0.4, 0.5) is 5.69 Å². The first-order chi connectivity index (χ1) is 8.11. The number of aliphatic hydroxyl groups excluding tert-OH is 1. The summed E-state index contributed by atoms with van der Waals surface area (Å²) in [5, 5.41) is 9.30. The van der Waals surface area contributed by atoms with E-state index in [9.17, 15) is 5.11 Å². The lowest BCUT2D eigenvalue weighted by atomic mass is 9.82. The Balaban J connectivity index is 2.08. The zero-order chi connectivity index (χ0) is 12.4. The highest BCUT2D eigenvalue weighted by Crippen LogP contribution is 2.31. The van der Waals surface area contributed by atoms with Gasteiger partial charge in [-0.25, -0.2) is 0 Å². The molecule has 3 N–H and O–H groups in total. The first-order valence-electron chi connectivity index (χ1n) is 5.98. The zero-order valence-electron chi connectivity index (χ0n) is 10.1. The maximum Gasteiger partial charge on any atom is 0.0546 e. The molecule has 3 nitrogen and oxygen atoms in total. The van der Waals surface area contributed by atoms with Gasteiger partial charge in [0.05, 0.1) is 6.10 Å². The Bertz CT molecular complexity index is 391. The minimum Gasteiger partial charge on any atom is -0.393 e. The van der Waals surface area contributed by atoms with Gasteiger partial charge < -0.3 is 15.7 Å². The SMILES string of the molecule is CN(CC1CC(O)C1)c1cccc(Br)c1CN. The van der Waals surface area contributed by atoms with Gasteiger partial charge >= 0.3 is 0 Å². The van der Waals surface area contributed by atoms with E-state index in [0.29, 0.717) is 12.5 Å². The maximum atomic E-state index is 9.30. The number of rotatable bonds is 4. The van der Waals surface area contributed by atoms with Gasteiger partial charge in [-0.3, -0.25) is 0 Å². The van der Waals surface area contributed by atoms with Crippen LogP contribution < -0.4 is 10.6 Å². The highest BCUT2D eigenvalue weighted by molar-refractivity contribution is 9.10. The van der Waals surface area contributed by atoms with E-state index in [4.69, 9.17) is 5.73 Å². The molecule has 1 aromatic rings. The van der Waals surface area contributed by atoms with Gasteiger partial charge in [0.1, 0.15) is 0 Å². The Kier molecular flexibility index (Phi) is 4.07. The molecule has 1 aromatic carbocycles. The first-order valence-corrected chi connectivity index (χ1v) is 6.77. The van der Waals surface area contributed by atoms with Gasteiger partial charge in [-0.1, -0.05) is 22.0 Å². The molecule has 4 heteroatoms. The predicted molar refractivity (Wildman–Crippen MR) is 74.0 cm³/mol. The second-order valence-corrected chi connectivity index (χ2v) is 5.67. The van der Waals surface area contributed by atoms with Crippen molar-refractivity contribution in [1.82, 2.24) is 0 Å². The molecule has 0 unspecified atom stereocenters. The van der Waals surface area contributed by atoms with Gasteiger partial charge in [-0.05, 0) is 30.9 Å². The monoisotopic (exact) mass is 298 g/mol. The molecular weight excluding hydrogens is 280 g/mol. The van der Waals surface area contributed by atoms with E-state index < -0.39 is 0 Å². The lowest BCUT2D eigenvalue weighted by Crippen LogP contribution is -2.37. The van der Waals surface area contributed by atoms with Gasteiger partial charge in [-0.2, -0.15) is 0 Å². The van der Waals surface area contributed by atoms with Crippen molar-refractivity contribution in [2.75, 3.05) is 18.5 Å². The molecule has 0 radical (unpaired) electrons. The molecule has 1 fully saturated rings. The highest BCUT2D eigenvalue weighted by atomic mass is 79.9. The minimum absolute atomic E-state index is 0.0788. The Morgan fingerprint density at radius 1 is 1.47 bits per heavy atom. The molecule has 0 amide bonds. The third-order valence-electron chi connectivity index (χ3n) is 3.45. The Labute approximate surface area is 111 Å². The summed E-state index contributed by atoms with van der Waals surface area (Å²) in [5.41, 5.74) is 8.12. The number of halogens is 1. The fourth-order valence-corrected chi connectivity index (χ4v) is 2.96. The topological polar surface area (TPSA) is 49.5 Å². The number of aliphatic hydroxyl groups is 1. The van der Waals surface area contributed by atoms with Crippen molar-refractivity contribution in [3.8, 4) is 0 Å². The quantitative estimate of drug-likeness (QED) is 0.895. The highest BCUT2D eigenvalue weighted by Gasteiger charge is 2.28. The molecule has 2 rings (SSSR count). The maximum absolute atomic E-state index is 9.30. The van der Waals surface area contributed by atoms with Crippen LogP contribution in [0.2, 0.25) is 0 Å². The summed E-state index contributed by atoms with van der Waals surface area (Å²) >= 11 is 3.54.